The molecule has 4 fully saturated rings. The van der Waals surface area contributed by atoms with Gasteiger partial charge in [-0.2, -0.15) is 0 Å². The van der Waals surface area contributed by atoms with Gasteiger partial charge in [-0.25, -0.2) is 4.79 Å². The third-order valence-electron chi connectivity index (χ3n) is 6.93. The Labute approximate surface area is 170 Å². The number of esters is 1. The molecule has 4 saturated carbocycles. The molecule has 4 aliphatic carbocycles. The van der Waals surface area contributed by atoms with Gasteiger partial charge in [-0.1, -0.05) is 5.16 Å². The Hall–Kier alpha value is -2.63. The highest BCUT2D eigenvalue weighted by molar-refractivity contribution is 5.96. The molecular formula is C23H26N2O4. The fourth-order valence-electron chi connectivity index (χ4n) is 6.05. The number of nitrogens with one attached hydrogen (secondary N) is 1. The molecular weight excluding hydrogens is 368 g/mol. The number of anilines is 1. The van der Waals surface area contributed by atoms with Crippen LogP contribution >= 0.6 is 0 Å². The number of hydrogen-bond donors (Lipinski definition) is 1. The average molecular weight is 394 g/mol. The van der Waals surface area contributed by atoms with Gasteiger partial charge in [-0.05, 0) is 87.5 Å². The van der Waals surface area contributed by atoms with Gasteiger partial charge < -0.3 is 14.6 Å². The molecule has 4 aliphatic rings. The van der Waals surface area contributed by atoms with Gasteiger partial charge in [0, 0.05) is 11.8 Å². The molecule has 0 unspecified atom stereocenters. The largest absolute Gasteiger partial charge is 0.455 e. The first-order valence-electron chi connectivity index (χ1n) is 10.5. The van der Waals surface area contributed by atoms with Crippen LogP contribution in [0, 0.1) is 30.1 Å². The molecule has 0 radical (unpaired) electrons. The fraction of sp³-hybridized carbons (Fsp3) is 0.522. The van der Waals surface area contributed by atoms with Gasteiger partial charge in [0.15, 0.2) is 0 Å². The van der Waals surface area contributed by atoms with Crippen molar-refractivity contribution in [3.05, 3.63) is 47.3 Å². The summed E-state index contributed by atoms with van der Waals surface area (Å²) in [6.07, 6.45) is 7.07. The number of aromatic nitrogens is 1. The number of aryl methyl sites for hydroxylation is 1. The van der Waals surface area contributed by atoms with Gasteiger partial charge >= 0.3 is 5.97 Å². The van der Waals surface area contributed by atoms with Crippen LogP contribution in [0.1, 0.15) is 60.3 Å². The maximum Gasteiger partial charge on any atom is 0.338 e. The molecule has 1 amide bonds. The second kappa shape index (κ2) is 7.01. The SMILES string of the molecule is Cc1cc(COC(=O)c2ccc(NC(=O)C34CC5CC(CC(C5)C3)C4)cc2)no1. The lowest BCUT2D eigenvalue weighted by Crippen LogP contribution is -2.51. The first kappa shape index (κ1) is 18.4. The molecule has 1 aromatic heterocycles. The Morgan fingerprint density at radius 2 is 1.72 bits per heavy atom. The molecule has 0 saturated heterocycles. The molecule has 1 heterocycles. The molecule has 29 heavy (non-hydrogen) atoms. The topological polar surface area (TPSA) is 81.4 Å². The van der Waals surface area contributed by atoms with Crippen molar-refractivity contribution >= 4 is 17.6 Å². The van der Waals surface area contributed by atoms with Crippen molar-refractivity contribution in [2.24, 2.45) is 23.2 Å². The molecule has 152 valence electrons. The molecule has 1 aromatic carbocycles. The molecule has 6 heteroatoms. The molecule has 4 bridgehead atoms. The van der Waals surface area contributed by atoms with Crippen molar-refractivity contribution in [2.75, 3.05) is 5.32 Å². The van der Waals surface area contributed by atoms with E-state index in [1.165, 1.54) is 19.3 Å². The number of nitrogens with zero attached hydrogens (tertiary/aromatic N) is 1. The quantitative estimate of drug-likeness (QED) is 0.756. The molecule has 6 rings (SSSR count). The van der Waals surface area contributed by atoms with Crippen LogP contribution in [0.5, 0.6) is 0 Å². The summed E-state index contributed by atoms with van der Waals surface area (Å²) < 4.78 is 10.2. The van der Waals surface area contributed by atoms with E-state index in [2.05, 4.69) is 10.5 Å². The van der Waals surface area contributed by atoms with Crippen LogP contribution in [0.4, 0.5) is 5.69 Å². The van der Waals surface area contributed by atoms with Gasteiger partial charge in [-0.15, -0.1) is 0 Å². The van der Waals surface area contributed by atoms with E-state index >= 15 is 0 Å². The summed E-state index contributed by atoms with van der Waals surface area (Å²) in [5.41, 5.74) is 1.57. The standard InChI is InChI=1S/C23H26N2O4/c1-14-6-20(25-29-14)13-28-21(26)18-2-4-19(5-3-18)24-22(27)23-10-15-7-16(11-23)9-17(8-15)12-23/h2-6,15-17H,7-13H2,1H3,(H,24,27). The Kier molecular flexibility index (Phi) is 4.45. The summed E-state index contributed by atoms with van der Waals surface area (Å²) in [7, 11) is 0. The summed E-state index contributed by atoms with van der Waals surface area (Å²) in [6.45, 7) is 1.86. The van der Waals surface area contributed by atoms with E-state index in [0.29, 0.717) is 17.0 Å². The minimum atomic E-state index is -0.426. The average Bonchev–Trinajstić information content (AvgIpc) is 3.11. The van der Waals surface area contributed by atoms with Crippen molar-refractivity contribution in [1.29, 1.82) is 0 Å². The van der Waals surface area contributed by atoms with E-state index < -0.39 is 5.97 Å². The highest BCUT2D eigenvalue weighted by Gasteiger charge is 2.54. The lowest BCUT2D eigenvalue weighted by Gasteiger charge is -2.55. The highest BCUT2D eigenvalue weighted by Crippen LogP contribution is 2.60. The number of ether oxygens (including phenoxy) is 1. The maximum absolute atomic E-state index is 13.1. The van der Waals surface area contributed by atoms with Crippen LogP contribution in [0.2, 0.25) is 0 Å². The van der Waals surface area contributed by atoms with E-state index in [0.717, 1.165) is 42.7 Å². The predicted molar refractivity (Wildman–Crippen MR) is 106 cm³/mol. The second-order valence-electron chi connectivity index (χ2n) is 9.23. The van der Waals surface area contributed by atoms with Crippen LogP contribution < -0.4 is 5.32 Å². The Balaban J connectivity index is 1.20. The molecule has 1 N–H and O–H groups in total. The molecule has 0 spiro atoms. The molecule has 0 aliphatic heterocycles. The molecule has 2 aromatic rings. The number of rotatable bonds is 5. The summed E-state index contributed by atoms with van der Waals surface area (Å²) in [4.78, 5) is 25.3. The second-order valence-corrected chi connectivity index (χ2v) is 9.23. The van der Waals surface area contributed by atoms with Crippen molar-refractivity contribution in [1.82, 2.24) is 5.16 Å². The van der Waals surface area contributed by atoms with E-state index in [9.17, 15) is 9.59 Å². The summed E-state index contributed by atoms with van der Waals surface area (Å²) in [6, 6.07) is 8.65. The Bertz CT molecular complexity index is 895. The first-order valence-corrected chi connectivity index (χ1v) is 10.5. The zero-order valence-electron chi connectivity index (χ0n) is 16.6. The number of hydrogen-bond acceptors (Lipinski definition) is 5. The van der Waals surface area contributed by atoms with E-state index in [4.69, 9.17) is 9.26 Å². The molecule has 6 nitrogen and oxygen atoms in total. The van der Waals surface area contributed by atoms with Crippen LogP contribution in [-0.4, -0.2) is 17.0 Å². The summed E-state index contributed by atoms with van der Waals surface area (Å²) in [5, 5.41) is 6.92. The lowest BCUT2D eigenvalue weighted by molar-refractivity contribution is -0.140. The van der Waals surface area contributed by atoms with Crippen LogP contribution in [0.15, 0.2) is 34.9 Å². The minimum Gasteiger partial charge on any atom is -0.455 e. The van der Waals surface area contributed by atoms with E-state index in [1.807, 2.05) is 0 Å². The Morgan fingerprint density at radius 1 is 1.10 bits per heavy atom. The smallest absolute Gasteiger partial charge is 0.338 e. The van der Waals surface area contributed by atoms with Gasteiger partial charge in [-0.3, -0.25) is 4.79 Å². The first-order chi connectivity index (χ1) is 14.0. The summed E-state index contributed by atoms with van der Waals surface area (Å²) in [5.74, 6) is 2.61. The monoisotopic (exact) mass is 394 g/mol. The summed E-state index contributed by atoms with van der Waals surface area (Å²) >= 11 is 0. The minimum absolute atomic E-state index is 0.0701. The third kappa shape index (κ3) is 3.56. The van der Waals surface area contributed by atoms with Gasteiger partial charge in [0.25, 0.3) is 0 Å². The van der Waals surface area contributed by atoms with Gasteiger partial charge in [0.1, 0.15) is 18.1 Å². The number of carbonyl (C=O) groups excluding carboxylic acids is 2. The number of amides is 1. The molecule has 0 atom stereocenters. The van der Waals surface area contributed by atoms with Gasteiger partial charge in [0.2, 0.25) is 5.91 Å². The van der Waals surface area contributed by atoms with Crippen LogP contribution in [0.25, 0.3) is 0 Å². The lowest BCUT2D eigenvalue weighted by atomic mass is 9.49. The van der Waals surface area contributed by atoms with Gasteiger partial charge in [0.05, 0.1) is 11.0 Å². The normalized spacial score (nSPS) is 29.6. The maximum atomic E-state index is 13.1. The number of carbonyl (C=O) groups is 2. The van der Waals surface area contributed by atoms with Crippen molar-refractivity contribution < 1.29 is 18.8 Å². The van der Waals surface area contributed by atoms with E-state index in [-0.39, 0.29) is 17.9 Å². The zero-order valence-corrected chi connectivity index (χ0v) is 16.6. The van der Waals surface area contributed by atoms with Crippen molar-refractivity contribution in [3.8, 4) is 0 Å². The van der Waals surface area contributed by atoms with Crippen molar-refractivity contribution in [2.45, 2.75) is 52.1 Å². The highest BCUT2D eigenvalue weighted by atomic mass is 16.5. The van der Waals surface area contributed by atoms with Crippen molar-refractivity contribution in [3.63, 3.8) is 0 Å². The third-order valence-corrected chi connectivity index (χ3v) is 6.93. The van der Waals surface area contributed by atoms with E-state index in [1.54, 1.807) is 37.3 Å². The van der Waals surface area contributed by atoms with Crippen LogP contribution in [-0.2, 0) is 16.1 Å². The zero-order chi connectivity index (χ0) is 20.0. The Morgan fingerprint density at radius 3 is 2.28 bits per heavy atom. The fourth-order valence-corrected chi connectivity index (χ4v) is 6.05. The number of benzene rings is 1. The predicted octanol–water partition coefficient (Wildman–Crippen LogP) is 4.49. The van der Waals surface area contributed by atoms with Crippen LogP contribution in [0.3, 0.4) is 0 Å².